The molecule has 3 nitrogen and oxygen atoms in total. The molecular formula is C42H29N2OP. The molecule has 0 atom stereocenters. The third kappa shape index (κ3) is 3.96. The van der Waals surface area contributed by atoms with Gasteiger partial charge in [0.25, 0.3) is 0 Å². The van der Waals surface area contributed by atoms with Crippen LogP contribution in [0.1, 0.15) is 0 Å². The molecule has 7 aromatic carbocycles. The minimum Gasteiger partial charge on any atom is -0.309 e. The van der Waals surface area contributed by atoms with Gasteiger partial charge in [-0.3, -0.25) is 8.90 Å². The number of rotatable bonds is 5. The van der Waals surface area contributed by atoms with Gasteiger partial charge in [0.15, 0.2) is 0 Å². The first-order valence-corrected chi connectivity index (χ1v) is 17.2. The first-order chi connectivity index (χ1) is 22.7. The zero-order valence-electron chi connectivity index (χ0n) is 25.0. The lowest BCUT2D eigenvalue weighted by atomic mass is 10.0. The van der Waals surface area contributed by atoms with Gasteiger partial charge in [0.05, 0.1) is 22.1 Å². The lowest BCUT2D eigenvalue weighted by molar-refractivity contribution is 0.583. The molecule has 0 aliphatic heterocycles. The predicted molar refractivity (Wildman–Crippen MR) is 194 cm³/mol. The maximum atomic E-state index is 15.6. The summed E-state index contributed by atoms with van der Waals surface area (Å²) in [5.74, 6) is 0. The van der Waals surface area contributed by atoms with E-state index in [1.807, 2.05) is 66.7 Å². The highest BCUT2D eigenvalue weighted by molar-refractivity contribution is 7.77. The number of aromatic nitrogens is 2. The molecule has 46 heavy (non-hydrogen) atoms. The van der Waals surface area contributed by atoms with Crippen molar-refractivity contribution in [3.05, 3.63) is 176 Å². The van der Waals surface area contributed by atoms with E-state index in [0.29, 0.717) is 0 Å². The molecule has 0 amide bonds. The highest BCUT2D eigenvalue weighted by Crippen LogP contribution is 2.51. The summed E-state index contributed by atoms with van der Waals surface area (Å²) in [5.41, 5.74) is 7.73. The van der Waals surface area contributed by atoms with E-state index in [-0.39, 0.29) is 0 Å². The molecule has 0 saturated heterocycles. The van der Waals surface area contributed by atoms with E-state index in [0.717, 1.165) is 49.2 Å². The Labute approximate surface area is 267 Å². The van der Waals surface area contributed by atoms with Gasteiger partial charge in [-0.05, 0) is 83.9 Å². The molecule has 0 bridgehead atoms. The quantitative estimate of drug-likeness (QED) is 0.179. The van der Waals surface area contributed by atoms with Crippen molar-refractivity contribution in [3.63, 3.8) is 0 Å². The summed E-state index contributed by atoms with van der Waals surface area (Å²) in [6.45, 7) is 0. The van der Waals surface area contributed by atoms with E-state index in [4.69, 9.17) is 0 Å². The molecular weight excluding hydrogens is 579 g/mol. The van der Waals surface area contributed by atoms with E-state index in [1.54, 1.807) is 0 Å². The fourth-order valence-electron chi connectivity index (χ4n) is 7.08. The zero-order chi connectivity index (χ0) is 30.7. The minimum atomic E-state index is -3.28. The Balaban J connectivity index is 1.28. The molecule has 0 spiro atoms. The smallest absolute Gasteiger partial charge is 0.234 e. The maximum Gasteiger partial charge on any atom is 0.234 e. The van der Waals surface area contributed by atoms with Crippen LogP contribution < -0.4 is 10.6 Å². The SMILES string of the molecule is O=P(c1ccccc1)(c1ccccc1)n1c2ccccc2c2cc(-c3ccc4c(c3)c3ccccc3n4-c3ccccc3)ccc21. The molecule has 9 rings (SSSR count). The molecule has 0 aliphatic rings. The Morgan fingerprint density at radius 2 is 0.783 bits per heavy atom. The summed E-state index contributed by atoms with van der Waals surface area (Å²) >= 11 is 0. The molecule has 0 radical (unpaired) electrons. The number of benzene rings is 7. The molecule has 0 N–H and O–H groups in total. The second-order valence-corrected chi connectivity index (χ2v) is 14.3. The highest BCUT2D eigenvalue weighted by Gasteiger charge is 2.32. The Kier molecular flexibility index (Phi) is 6.09. The normalized spacial score (nSPS) is 12.0. The topological polar surface area (TPSA) is 26.9 Å². The first-order valence-electron chi connectivity index (χ1n) is 15.6. The summed E-state index contributed by atoms with van der Waals surface area (Å²) < 4.78 is 20.1. The van der Waals surface area contributed by atoms with Crippen LogP contribution in [0.15, 0.2) is 176 Å². The largest absolute Gasteiger partial charge is 0.309 e. The van der Waals surface area contributed by atoms with E-state index in [9.17, 15) is 0 Å². The summed E-state index contributed by atoms with van der Waals surface area (Å²) in [7, 11) is -3.28. The fraction of sp³-hybridized carbons (Fsp3) is 0. The molecule has 0 unspecified atom stereocenters. The standard InChI is InChI=1S/C42H29N2OP/c45-46(33-16-6-2-7-17-33,34-18-8-3-9-19-34)44-41-23-13-11-21-36(41)38-29-31(25-27-42(38)44)30-24-26-40-37(28-30)35-20-10-12-22-39(35)43(40)32-14-4-1-5-15-32/h1-29H. The monoisotopic (exact) mass is 608 g/mol. The van der Waals surface area contributed by atoms with Crippen molar-refractivity contribution >= 4 is 61.5 Å². The third-order valence-corrected chi connectivity index (χ3v) is 12.2. The van der Waals surface area contributed by atoms with Crippen molar-refractivity contribution in [1.29, 1.82) is 0 Å². The number of para-hydroxylation sites is 3. The van der Waals surface area contributed by atoms with E-state index < -0.39 is 7.29 Å². The molecule has 0 saturated carbocycles. The Morgan fingerprint density at radius 3 is 1.39 bits per heavy atom. The van der Waals surface area contributed by atoms with Crippen molar-refractivity contribution in [2.75, 3.05) is 0 Å². The molecule has 2 aromatic heterocycles. The van der Waals surface area contributed by atoms with Gasteiger partial charge in [-0.25, -0.2) is 0 Å². The number of fused-ring (bicyclic) bond motifs is 6. The van der Waals surface area contributed by atoms with Crippen molar-refractivity contribution in [2.45, 2.75) is 0 Å². The van der Waals surface area contributed by atoms with Gasteiger partial charge >= 0.3 is 0 Å². The third-order valence-electron chi connectivity index (χ3n) is 9.16. The van der Waals surface area contributed by atoms with Gasteiger partial charge in [-0.15, -0.1) is 0 Å². The molecule has 218 valence electrons. The predicted octanol–water partition coefficient (Wildman–Crippen LogP) is 10.3. The van der Waals surface area contributed by atoms with E-state index in [1.165, 1.54) is 21.8 Å². The Hall–Kier alpha value is -5.63. The second kappa shape index (κ2) is 10.5. The van der Waals surface area contributed by atoms with Crippen LogP contribution in [-0.4, -0.2) is 8.90 Å². The van der Waals surface area contributed by atoms with E-state index in [2.05, 4.69) is 118 Å². The van der Waals surface area contributed by atoms with Gasteiger partial charge < -0.3 is 4.57 Å². The average molecular weight is 609 g/mol. The number of hydrogen-bond acceptors (Lipinski definition) is 1. The Bertz CT molecular complexity index is 2560. The van der Waals surface area contributed by atoms with Crippen LogP contribution in [0.3, 0.4) is 0 Å². The van der Waals surface area contributed by atoms with Crippen LogP contribution in [-0.2, 0) is 4.57 Å². The van der Waals surface area contributed by atoms with Crippen LogP contribution in [0.5, 0.6) is 0 Å². The van der Waals surface area contributed by atoms with E-state index >= 15 is 4.57 Å². The zero-order valence-corrected chi connectivity index (χ0v) is 25.9. The Morgan fingerprint density at radius 1 is 0.370 bits per heavy atom. The summed E-state index contributed by atoms with van der Waals surface area (Å²) in [6.07, 6.45) is 0. The van der Waals surface area contributed by atoms with Crippen LogP contribution in [0.25, 0.3) is 60.4 Å². The molecule has 9 aromatic rings. The van der Waals surface area contributed by atoms with Gasteiger partial charge in [-0.1, -0.05) is 103 Å². The van der Waals surface area contributed by atoms with Crippen molar-refractivity contribution in [1.82, 2.24) is 8.90 Å². The van der Waals surface area contributed by atoms with Gasteiger partial charge in [0, 0.05) is 37.8 Å². The average Bonchev–Trinajstić information content (AvgIpc) is 3.65. The lowest BCUT2D eigenvalue weighted by Crippen LogP contribution is -2.21. The second-order valence-electron chi connectivity index (χ2n) is 11.7. The molecule has 4 heteroatoms. The van der Waals surface area contributed by atoms with Gasteiger partial charge in [0.2, 0.25) is 7.29 Å². The first kappa shape index (κ1) is 26.7. The van der Waals surface area contributed by atoms with Crippen LogP contribution in [0, 0.1) is 0 Å². The van der Waals surface area contributed by atoms with Crippen molar-refractivity contribution in [3.8, 4) is 16.8 Å². The minimum absolute atomic E-state index is 0.813. The molecule has 0 aliphatic carbocycles. The van der Waals surface area contributed by atoms with Gasteiger partial charge in [-0.2, -0.15) is 0 Å². The maximum absolute atomic E-state index is 15.6. The molecule has 2 heterocycles. The van der Waals surface area contributed by atoms with Crippen molar-refractivity contribution in [2.24, 2.45) is 0 Å². The summed E-state index contributed by atoms with van der Waals surface area (Å²) in [4.78, 5) is 0. The fourth-order valence-corrected chi connectivity index (χ4v) is 9.95. The lowest BCUT2D eigenvalue weighted by Gasteiger charge is -2.23. The molecule has 0 fully saturated rings. The van der Waals surface area contributed by atoms with Crippen LogP contribution in [0.2, 0.25) is 0 Å². The van der Waals surface area contributed by atoms with Crippen LogP contribution in [0.4, 0.5) is 0 Å². The summed E-state index contributed by atoms with van der Waals surface area (Å²) in [5, 5.41) is 6.26. The highest BCUT2D eigenvalue weighted by atomic mass is 31.2. The van der Waals surface area contributed by atoms with Crippen molar-refractivity contribution < 1.29 is 4.57 Å². The number of hydrogen-bond donors (Lipinski definition) is 0. The van der Waals surface area contributed by atoms with Gasteiger partial charge in [0.1, 0.15) is 0 Å². The summed E-state index contributed by atoms with van der Waals surface area (Å²) in [6, 6.07) is 60.7. The van der Waals surface area contributed by atoms with Crippen LogP contribution >= 0.6 is 7.29 Å². The number of nitrogens with zero attached hydrogens (tertiary/aromatic N) is 2.